The van der Waals surface area contributed by atoms with E-state index in [9.17, 15) is 4.79 Å². The molecule has 4 aromatic carbocycles. The maximum atomic E-state index is 12.5. The maximum Gasteiger partial charge on any atom is 0.363 e. The van der Waals surface area contributed by atoms with E-state index in [1.807, 2.05) is 91.9 Å². The van der Waals surface area contributed by atoms with Crippen molar-refractivity contribution in [3.8, 4) is 11.5 Å². The van der Waals surface area contributed by atoms with E-state index in [4.69, 9.17) is 14.2 Å². The van der Waals surface area contributed by atoms with Crippen molar-refractivity contribution in [3.05, 3.63) is 111 Å². The molecule has 5 nitrogen and oxygen atoms in total. The molecule has 0 atom stereocenters. The van der Waals surface area contributed by atoms with Gasteiger partial charge in [-0.2, -0.15) is 0 Å². The summed E-state index contributed by atoms with van der Waals surface area (Å²) in [4.78, 5) is 17.0. The molecule has 0 saturated heterocycles. The Hall–Kier alpha value is -3.65. The molecule has 1 heterocycles. The average Bonchev–Trinajstić information content (AvgIpc) is 3.24. The van der Waals surface area contributed by atoms with E-state index in [0.29, 0.717) is 30.6 Å². The van der Waals surface area contributed by atoms with Gasteiger partial charge in [0.1, 0.15) is 6.61 Å². The zero-order valence-electron chi connectivity index (χ0n) is 19.0. The van der Waals surface area contributed by atoms with E-state index in [1.165, 1.54) is 0 Å². The van der Waals surface area contributed by atoms with E-state index in [1.54, 1.807) is 6.08 Å². The molecule has 0 saturated carbocycles. The van der Waals surface area contributed by atoms with Crippen LogP contribution < -0.4 is 9.47 Å². The molecule has 0 radical (unpaired) electrons. The lowest BCUT2D eigenvalue weighted by Gasteiger charge is -2.13. The number of hydrogen-bond acceptors (Lipinski definition) is 5. The van der Waals surface area contributed by atoms with E-state index < -0.39 is 5.97 Å². The molecule has 0 amide bonds. The predicted molar refractivity (Wildman–Crippen MR) is 146 cm³/mol. The second-order valence-corrected chi connectivity index (χ2v) is 9.08. The number of fused-ring (bicyclic) bond motifs is 1. The van der Waals surface area contributed by atoms with Gasteiger partial charge in [-0.3, -0.25) is 0 Å². The second-order valence-electron chi connectivity index (χ2n) is 7.92. The highest BCUT2D eigenvalue weighted by molar-refractivity contribution is 14.1. The molecular weight excluding hydrogens is 553 g/mol. The molecule has 0 N–H and O–H groups in total. The monoisotopic (exact) mass is 575 g/mol. The molecule has 0 spiro atoms. The number of hydrogen-bond donors (Lipinski definition) is 0. The molecule has 0 bridgehead atoms. The number of nitrogens with zero attached hydrogens (tertiary/aromatic N) is 1. The standard InChI is InChI=1S/C29H22INO4/c1-2-33-27-16-19(11-14-26(27)34-18-23-9-5-6-10-24(23)30)15-25-29(32)35-28(31-25)22-13-12-20-7-3-4-8-21(20)17-22/h3-17H,2,18H2,1H3/b25-15-. The van der Waals surface area contributed by atoms with Crippen molar-refractivity contribution in [2.75, 3.05) is 6.61 Å². The van der Waals surface area contributed by atoms with E-state index in [-0.39, 0.29) is 5.70 Å². The summed E-state index contributed by atoms with van der Waals surface area (Å²) in [5.41, 5.74) is 2.87. The third-order valence-electron chi connectivity index (χ3n) is 5.53. The van der Waals surface area contributed by atoms with Crippen LogP contribution in [0.3, 0.4) is 0 Å². The lowest BCUT2D eigenvalue weighted by molar-refractivity contribution is -0.129. The van der Waals surface area contributed by atoms with E-state index >= 15 is 0 Å². The predicted octanol–water partition coefficient (Wildman–Crippen LogP) is 6.77. The normalized spacial score (nSPS) is 14.2. The highest BCUT2D eigenvalue weighted by atomic mass is 127. The lowest BCUT2D eigenvalue weighted by atomic mass is 10.1. The molecule has 0 aromatic heterocycles. The average molecular weight is 575 g/mol. The number of rotatable bonds is 7. The fourth-order valence-electron chi connectivity index (χ4n) is 3.79. The Morgan fingerprint density at radius 2 is 1.69 bits per heavy atom. The van der Waals surface area contributed by atoms with Crippen molar-refractivity contribution in [2.45, 2.75) is 13.5 Å². The quantitative estimate of drug-likeness (QED) is 0.139. The zero-order valence-corrected chi connectivity index (χ0v) is 21.2. The van der Waals surface area contributed by atoms with Crippen LogP contribution in [0.15, 0.2) is 95.6 Å². The summed E-state index contributed by atoms with van der Waals surface area (Å²) >= 11 is 2.30. The summed E-state index contributed by atoms with van der Waals surface area (Å²) in [6.45, 7) is 2.85. The van der Waals surface area contributed by atoms with Gasteiger partial charge in [-0.1, -0.05) is 54.6 Å². The number of cyclic esters (lactones) is 1. The van der Waals surface area contributed by atoms with Crippen LogP contribution in [0.2, 0.25) is 0 Å². The van der Waals surface area contributed by atoms with Gasteiger partial charge in [-0.25, -0.2) is 9.79 Å². The molecule has 5 rings (SSSR count). The number of aliphatic imine (C=N–C) groups is 1. The number of carbonyl (C=O) groups is 1. The van der Waals surface area contributed by atoms with Crippen molar-refractivity contribution in [1.82, 2.24) is 0 Å². The van der Waals surface area contributed by atoms with Crippen LogP contribution in [0.1, 0.15) is 23.6 Å². The highest BCUT2D eigenvalue weighted by Crippen LogP contribution is 2.31. The number of carbonyl (C=O) groups excluding carboxylic acids is 1. The molecule has 35 heavy (non-hydrogen) atoms. The number of halogens is 1. The van der Waals surface area contributed by atoms with Crippen molar-refractivity contribution in [2.24, 2.45) is 4.99 Å². The number of benzene rings is 4. The van der Waals surface area contributed by atoms with Crippen LogP contribution in [-0.2, 0) is 16.1 Å². The summed E-state index contributed by atoms with van der Waals surface area (Å²) in [5, 5.41) is 2.17. The maximum absolute atomic E-state index is 12.5. The molecule has 174 valence electrons. The first-order valence-electron chi connectivity index (χ1n) is 11.3. The first-order valence-corrected chi connectivity index (χ1v) is 12.3. The third kappa shape index (κ3) is 5.22. The van der Waals surface area contributed by atoms with Crippen molar-refractivity contribution >= 4 is 51.3 Å². The van der Waals surface area contributed by atoms with Crippen LogP contribution >= 0.6 is 22.6 Å². The first kappa shape index (κ1) is 23.1. The van der Waals surface area contributed by atoms with Crippen LogP contribution in [-0.4, -0.2) is 18.5 Å². The first-order chi connectivity index (χ1) is 17.1. The molecule has 6 heteroatoms. The van der Waals surface area contributed by atoms with Crippen molar-refractivity contribution in [3.63, 3.8) is 0 Å². The molecule has 1 aliphatic heterocycles. The Morgan fingerprint density at radius 3 is 2.51 bits per heavy atom. The summed E-state index contributed by atoms with van der Waals surface area (Å²) in [6.07, 6.45) is 1.70. The van der Waals surface area contributed by atoms with Crippen LogP contribution in [0.5, 0.6) is 11.5 Å². The molecule has 0 unspecified atom stereocenters. The summed E-state index contributed by atoms with van der Waals surface area (Å²) in [7, 11) is 0. The second kappa shape index (κ2) is 10.3. The summed E-state index contributed by atoms with van der Waals surface area (Å²) in [5.74, 6) is 1.07. The number of esters is 1. The Morgan fingerprint density at radius 1 is 0.886 bits per heavy atom. The van der Waals surface area contributed by atoms with Gasteiger partial charge in [-0.15, -0.1) is 0 Å². The summed E-state index contributed by atoms with van der Waals surface area (Å²) in [6, 6.07) is 27.5. The largest absolute Gasteiger partial charge is 0.490 e. The van der Waals surface area contributed by atoms with Gasteiger partial charge in [0.2, 0.25) is 5.90 Å². The van der Waals surface area contributed by atoms with Gasteiger partial charge in [0.25, 0.3) is 0 Å². The van der Waals surface area contributed by atoms with Gasteiger partial charge in [-0.05, 0) is 82.3 Å². The zero-order chi connectivity index (χ0) is 24.2. The van der Waals surface area contributed by atoms with Gasteiger partial charge >= 0.3 is 5.97 Å². The molecule has 0 aliphatic carbocycles. The van der Waals surface area contributed by atoms with Crippen LogP contribution in [0, 0.1) is 3.57 Å². The van der Waals surface area contributed by atoms with Gasteiger partial charge in [0, 0.05) is 14.7 Å². The van der Waals surface area contributed by atoms with Gasteiger partial charge < -0.3 is 14.2 Å². The SMILES string of the molecule is CCOc1cc(/C=C2\N=C(c3ccc4ccccc4c3)OC2=O)ccc1OCc1ccccc1I. The minimum atomic E-state index is -0.481. The van der Waals surface area contributed by atoms with E-state index in [2.05, 4.69) is 27.6 Å². The smallest absolute Gasteiger partial charge is 0.363 e. The Balaban J connectivity index is 1.39. The lowest BCUT2D eigenvalue weighted by Crippen LogP contribution is -2.05. The Bertz CT molecular complexity index is 1470. The third-order valence-corrected chi connectivity index (χ3v) is 6.58. The fourth-order valence-corrected chi connectivity index (χ4v) is 4.33. The molecule has 0 fully saturated rings. The van der Waals surface area contributed by atoms with Gasteiger partial charge in [0.15, 0.2) is 17.2 Å². The topological polar surface area (TPSA) is 57.1 Å². The van der Waals surface area contributed by atoms with E-state index in [0.717, 1.165) is 31.0 Å². The van der Waals surface area contributed by atoms with Gasteiger partial charge in [0.05, 0.1) is 6.61 Å². The summed E-state index contributed by atoms with van der Waals surface area (Å²) < 4.78 is 18.5. The Kier molecular flexibility index (Phi) is 6.81. The minimum Gasteiger partial charge on any atom is -0.490 e. The van der Waals surface area contributed by atoms with Crippen molar-refractivity contribution in [1.29, 1.82) is 0 Å². The molecular formula is C29H22INO4. The minimum absolute atomic E-state index is 0.239. The Labute approximate surface area is 217 Å². The molecule has 1 aliphatic rings. The molecule has 4 aromatic rings. The fraction of sp³-hybridized carbons (Fsp3) is 0.103. The highest BCUT2D eigenvalue weighted by Gasteiger charge is 2.24. The van der Waals surface area contributed by atoms with Crippen molar-refractivity contribution < 1.29 is 19.0 Å². The van der Waals surface area contributed by atoms with Crippen LogP contribution in [0.4, 0.5) is 0 Å². The number of ether oxygens (including phenoxy) is 3. The van der Waals surface area contributed by atoms with Crippen LogP contribution in [0.25, 0.3) is 16.8 Å².